The van der Waals surface area contributed by atoms with Crippen LogP contribution in [0.2, 0.25) is 0 Å². The Bertz CT molecular complexity index is 487. The lowest BCUT2D eigenvalue weighted by molar-refractivity contribution is -0.264. The molecule has 0 atom stereocenters. The summed E-state index contributed by atoms with van der Waals surface area (Å²) in [7, 11) is 0. The summed E-state index contributed by atoms with van der Waals surface area (Å²) in [4.78, 5) is 23.5. The number of rotatable bonds is 3. The number of alkyl halides is 6. The molecule has 106 valence electrons. The fourth-order valence-electron chi connectivity index (χ4n) is 1.31. The molecular formula is C9H5F6NO3. The van der Waals surface area contributed by atoms with Crippen LogP contribution in [0.3, 0.4) is 0 Å². The van der Waals surface area contributed by atoms with E-state index < -0.39 is 41.3 Å². The van der Waals surface area contributed by atoms with Crippen LogP contribution in [0.25, 0.3) is 0 Å². The second-order valence-electron chi connectivity index (χ2n) is 3.49. The van der Waals surface area contributed by atoms with Crippen LogP contribution in [-0.4, -0.2) is 34.2 Å². The number of nitrogens with one attached hydrogen (secondary N) is 1. The standard InChI is InChI=1S/C9H5F6NO3/c10-8(11,12)6(9(13,14)15)5(17)3-1-4(7(18)19)16-2-3/h1-2,6,16H,(H,18,19). The molecule has 0 fully saturated rings. The largest absolute Gasteiger partial charge is 0.477 e. The molecule has 10 heteroatoms. The first-order valence-corrected chi connectivity index (χ1v) is 4.54. The molecular weight excluding hydrogens is 284 g/mol. The summed E-state index contributed by atoms with van der Waals surface area (Å²) in [5.41, 5.74) is -1.69. The first kappa shape index (κ1) is 15.1. The number of Topliss-reactive ketones (excluding diaryl/α,β-unsaturated/α-hetero) is 1. The molecule has 0 aliphatic carbocycles. The second-order valence-corrected chi connectivity index (χ2v) is 3.49. The Balaban J connectivity index is 3.17. The van der Waals surface area contributed by atoms with Crippen molar-refractivity contribution in [3.63, 3.8) is 0 Å². The molecule has 19 heavy (non-hydrogen) atoms. The monoisotopic (exact) mass is 289 g/mol. The summed E-state index contributed by atoms with van der Waals surface area (Å²) < 4.78 is 73.5. The number of carboxylic acid groups (broad SMARTS) is 1. The number of aromatic amines is 1. The predicted octanol–water partition coefficient (Wildman–Crippen LogP) is 2.64. The van der Waals surface area contributed by atoms with Gasteiger partial charge in [0.05, 0.1) is 0 Å². The number of carboxylic acids is 1. The first-order chi connectivity index (χ1) is 8.44. The Labute approximate surface area is 101 Å². The molecule has 0 amide bonds. The number of hydrogen-bond donors (Lipinski definition) is 2. The van der Waals surface area contributed by atoms with Gasteiger partial charge in [0.25, 0.3) is 0 Å². The van der Waals surface area contributed by atoms with Crippen molar-refractivity contribution < 1.29 is 41.0 Å². The lowest BCUT2D eigenvalue weighted by Crippen LogP contribution is -2.42. The van der Waals surface area contributed by atoms with Crippen molar-refractivity contribution in [2.75, 3.05) is 0 Å². The van der Waals surface area contributed by atoms with Crippen molar-refractivity contribution in [1.82, 2.24) is 4.98 Å². The van der Waals surface area contributed by atoms with Gasteiger partial charge in [-0.15, -0.1) is 0 Å². The zero-order chi connectivity index (χ0) is 15.0. The highest BCUT2D eigenvalue weighted by Crippen LogP contribution is 2.41. The van der Waals surface area contributed by atoms with Gasteiger partial charge < -0.3 is 10.1 Å². The van der Waals surface area contributed by atoms with E-state index in [1.54, 1.807) is 0 Å². The summed E-state index contributed by atoms with van der Waals surface area (Å²) >= 11 is 0. The van der Waals surface area contributed by atoms with E-state index in [0.717, 1.165) is 0 Å². The predicted molar refractivity (Wildman–Crippen MR) is 47.7 cm³/mol. The molecule has 1 rings (SSSR count). The third-order valence-electron chi connectivity index (χ3n) is 2.11. The molecule has 1 aromatic rings. The van der Waals surface area contributed by atoms with Gasteiger partial charge in [0.15, 0.2) is 5.78 Å². The molecule has 1 heterocycles. The smallest absolute Gasteiger partial charge is 0.407 e. The van der Waals surface area contributed by atoms with E-state index in [-0.39, 0.29) is 0 Å². The minimum Gasteiger partial charge on any atom is -0.477 e. The van der Waals surface area contributed by atoms with Crippen molar-refractivity contribution in [3.05, 3.63) is 23.5 Å². The molecule has 0 aliphatic rings. The Kier molecular flexibility index (Phi) is 3.64. The Morgan fingerprint density at radius 2 is 1.58 bits per heavy atom. The van der Waals surface area contributed by atoms with Crippen LogP contribution in [0.15, 0.2) is 12.3 Å². The molecule has 2 N–H and O–H groups in total. The zero-order valence-electron chi connectivity index (χ0n) is 8.76. The summed E-state index contributed by atoms with van der Waals surface area (Å²) in [6.45, 7) is 0. The zero-order valence-corrected chi connectivity index (χ0v) is 8.76. The van der Waals surface area contributed by atoms with E-state index in [2.05, 4.69) is 0 Å². The molecule has 1 aromatic heterocycles. The third-order valence-corrected chi connectivity index (χ3v) is 2.11. The summed E-state index contributed by atoms with van der Waals surface area (Å²) in [5.74, 6) is -8.06. The summed E-state index contributed by atoms with van der Waals surface area (Å²) in [6, 6.07) is 0.412. The third kappa shape index (κ3) is 3.26. The number of halogens is 6. The van der Waals surface area contributed by atoms with E-state index in [9.17, 15) is 35.9 Å². The van der Waals surface area contributed by atoms with Crippen LogP contribution in [0.4, 0.5) is 26.3 Å². The maximum absolute atomic E-state index is 12.3. The van der Waals surface area contributed by atoms with Crippen LogP contribution in [0, 0.1) is 5.92 Å². The van der Waals surface area contributed by atoms with E-state index in [1.807, 2.05) is 4.98 Å². The molecule has 0 saturated heterocycles. The average Bonchev–Trinajstić information content (AvgIpc) is 2.60. The molecule has 0 unspecified atom stereocenters. The molecule has 4 nitrogen and oxygen atoms in total. The van der Waals surface area contributed by atoms with Gasteiger partial charge in [-0.1, -0.05) is 0 Å². The van der Waals surface area contributed by atoms with Crippen molar-refractivity contribution in [3.8, 4) is 0 Å². The molecule has 0 aromatic carbocycles. The summed E-state index contributed by atoms with van der Waals surface area (Å²) in [6.07, 6.45) is -11.1. The van der Waals surface area contributed by atoms with Crippen LogP contribution >= 0.6 is 0 Å². The van der Waals surface area contributed by atoms with E-state index in [0.29, 0.717) is 12.3 Å². The van der Waals surface area contributed by atoms with Gasteiger partial charge >= 0.3 is 18.3 Å². The van der Waals surface area contributed by atoms with Gasteiger partial charge in [-0.05, 0) is 6.07 Å². The van der Waals surface area contributed by atoms with Gasteiger partial charge in [-0.3, -0.25) is 4.79 Å². The van der Waals surface area contributed by atoms with Gasteiger partial charge in [0, 0.05) is 11.8 Å². The SMILES string of the molecule is O=C(O)c1cc(C(=O)C(C(F)(F)F)C(F)(F)F)c[nH]1. The number of aromatic carboxylic acids is 1. The van der Waals surface area contributed by atoms with Crippen molar-refractivity contribution >= 4 is 11.8 Å². The van der Waals surface area contributed by atoms with Crippen molar-refractivity contribution in [1.29, 1.82) is 0 Å². The quantitative estimate of drug-likeness (QED) is 0.664. The van der Waals surface area contributed by atoms with Crippen LogP contribution in [0.1, 0.15) is 20.8 Å². The molecule has 0 radical (unpaired) electrons. The number of H-pyrrole nitrogens is 1. The molecule has 0 spiro atoms. The van der Waals surface area contributed by atoms with Gasteiger partial charge in [-0.2, -0.15) is 26.3 Å². The Hall–Kier alpha value is -2.00. The Morgan fingerprint density at radius 3 is 1.89 bits per heavy atom. The van der Waals surface area contributed by atoms with Crippen molar-refractivity contribution in [2.45, 2.75) is 12.4 Å². The van der Waals surface area contributed by atoms with E-state index >= 15 is 0 Å². The summed E-state index contributed by atoms with van der Waals surface area (Å²) in [5, 5.41) is 8.45. The molecule has 0 bridgehead atoms. The lowest BCUT2D eigenvalue weighted by atomic mass is 9.98. The maximum Gasteiger partial charge on any atom is 0.407 e. The topological polar surface area (TPSA) is 70.2 Å². The highest BCUT2D eigenvalue weighted by atomic mass is 19.4. The fourth-order valence-corrected chi connectivity index (χ4v) is 1.31. The number of carbonyl (C=O) groups is 2. The maximum atomic E-state index is 12.3. The van der Waals surface area contributed by atoms with Crippen LogP contribution in [0.5, 0.6) is 0 Å². The second kappa shape index (κ2) is 4.59. The number of hydrogen-bond acceptors (Lipinski definition) is 2. The highest BCUT2D eigenvalue weighted by Gasteiger charge is 2.61. The number of carbonyl (C=O) groups excluding carboxylic acids is 1. The molecule has 0 aliphatic heterocycles. The van der Waals surface area contributed by atoms with E-state index in [1.165, 1.54) is 0 Å². The first-order valence-electron chi connectivity index (χ1n) is 4.54. The van der Waals surface area contributed by atoms with Crippen LogP contribution < -0.4 is 0 Å². The molecule has 0 saturated carbocycles. The minimum atomic E-state index is -5.81. The van der Waals surface area contributed by atoms with E-state index in [4.69, 9.17) is 5.11 Å². The van der Waals surface area contributed by atoms with Crippen LogP contribution in [-0.2, 0) is 0 Å². The van der Waals surface area contributed by atoms with Gasteiger partial charge in [0.1, 0.15) is 5.69 Å². The fraction of sp³-hybridized carbons (Fsp3) is 0.333. The normalized spacial score (nSPS) is 12.8. The highest BCUT2D eigenvalue weighted by molar-refractivity contribution is 6.00. The number of ketones is 1. The lowest BCUT2D eigenvalue weighted by Gasteiger charge is -2.21. The van der Waals surface area contributed by atoms with Gasteiger partial charge in [-0.25, -0.2) is 4.79 Å². The average molecular weight is 289 g/mol. The Morgan fingerprint density at radius 1 is 1.11 bits per heavy atom. The minimum absolute atomic E-state index is 0.412. The number of aromatic nitrogens is 1. The van der Waals surface area contributed by atoms with Gasteiger partial charge in [0.2, 0.25) is 5.92 Å². The van der Waals surface area contributed by atoms with Crippen molar-refractivity contribution in [2.24, 2.45) is 5.92 Å².